The van der Waals surface area contributed by atoms with E-state index in [9.17, 15) is 14.4 Å². The zero-order valence-electron chi connectivity index (χ0n) is 16.8. The van der Waals surface area contributed by atoms with Gasteiger partial charge in [0.15, 0.2) is 5.69 Å². The van der Waals surface area contributed by atoms with Crippen LogP contribution in [0.4, 0.5) is 11.5 Å². The molecule has 1 saturated heterocycles. The molecule has 1 fully saturated rings. The van der Waals surface area contributed by atoms with Crippen molar-refractivity contribution in [2.75, 3.05) is 36.8 Å². The van der Waals surface area contributed by atoms with Gasteiger partial charge >= 0.3 is 5.69 Å². The Labute approximate surface area is 160 Å². The number of likely N-dealkylation sites (N-methyl/N-ethyl adjacent to an activating group) is 1. The molecule has 27 heavy (non-hydrogen) atoms. The summed E-state index contributed by atoms with van der Waals surface area (Å²) in [5.74, 6) is 0.524. The number of likely N-dealkylation sites (tertiary alicyclic amines) is 1. The van der Waals surface area contributed by atoms with Crippen molar-refractivity contribution in [3.8, 4) is 0 Å². The van der Waals surface area contributed by atoms with E-state index in [1.54, 1.807) is 0 Å². The molecule has 1 aromatic rings. The van der Waals surface area contributed by atoms with Gasteiger partial charge in [-0.3, -0.25) is 24.0 Å². The number of hydrogen-bond acceptors (Lipinski definition) is 5. The standard InChI is InChI=1S/C19H33N5O3/c1-4-7-11-24-17(20)16(18(26)21-19(24)27)23(6-3)15(25)13-22-10-8-9-14(5-2)12-22/h14H,4-13,20H2,1-3H3,(H,21,26,27). The van der Waals surface area contributed by atoms with Gasteiger partial charge in [-0.05, 0) is 38.6 Å². The van der Waals surface area contributed by atoms with Gasteiger partial charge in [-0.25, -0.2) is 4.79 Å². The number of anilines is 2. The number of aromatic nitrogens is 2. The van der Waals surface area contributed by atoms with Crippen LogP contribution < -0.4 is 21.9 Å². The van der Waals surface area contributed by atoms with Crippen molar-refractivity contribution in [3.63, 3.8) is 0 Å². The molecule has 1 atom stereocenters. The molecule has 1 amide bonds. The molecule has 0 saturated carbocycles. The number of nitrogens with one attached hydrogen (secondary N) is 1. The van der Waals surface area contributed by atoms with Crippen molar-refractivity contribution < 1.29 is 4.79 Å². The predicted molar refractivity (Wildman–Crippen MR) is 108 cm³/mol. The summed E-state index contributed by atoms with van der Waals surface area (Å²) < 4.78 is 1.35. The summed E-state index contributed by atoms with van der Waals surface area (Å²) in [6.45, 7) is 8.79. The van der Waals surface area contributed by atoms with E-state index in [2.05, 4.69) is 16.8 Å². The highest BCUT2D eigenvalue weighted by atomic mass is 16.2. The molecule has 1 aromatic heterocycles. The third-order valence-electron chi connectivity index (χ3n) is 5.38. The summed E-state index contributed by atoms with van der Waals surface area (Å²) in [4.78, 5) is 43.3. The molecule has 8 nitrogen and oxygen atoms in total. The molecular weight excluding hydrogens is 346 g/mol. The Hall–Kier alpha value is -2.09. The first-order chi connectivity index (χ1) is 12.9. The van der Waals surface area contributed by atoms with E-state index in [4.69, 9.17) is 5.73 Å². The third-order valence-corrected chi connectivity index (χ3v) is 5.38. The molecule has 152 valence electrons. The van der Waals surface area contributed by atoms with E-state index < -0.39 is 11.2 Å². The summed E-state index contributed by atoms with van der Waals surface area (Å²) in [6, 6.07) is 0. The van der Waals surface area contributed by atoms with Gasteiger partial charge in [-0.1, -0.05) is 26.7 Å². The zero-order chi connectivity index (χ0) is 20.0. The number of carbonyl (C=O) groups excluding carboxylic acids is 1. The fraction of sp³-hybridized carbons (Fsp3) is 0.737. The minimum atomic E-state index is -0.606. The van der Waals surface area contributed by atoms with Gasteiger partial charge in [0.1, 0.15) is 5.82 Å². The number of nitrogens with two attached hydrogens (primary N) is 1. The quantitative estimate of drug-likeness (QED) is 0.710. The van der Waals surface area contributed by atoms with Crippen LogP contribution >= 0.6 is 0 Å². The highest BCUT2D eigenvalue weighted by Crippen LogP contribution is 2.21. The van der Waals surface area contributed by atoms with Crippen molar-refractivity contribution in [2.45, 2.75) is 59.4 Å². The van der Waals surface area contributed by atoms with E-state index in [1.807, 2.05) is 13.8 Å². The number of nitrogen functional groups attached to an aromatic ring is 1. The highest BCUT2D eigenvalue weighted by molar-refractivity contribution is 5.96. The maximum Gasteiger partial charge on any atom is 0.330 e. The molecule has 2 rings (SSSR count). The van der Waals surface area contributed by atoms with E-state index >= 15 is 0 Å². The van der Waals surface area contributed by atoms with Gasteiger partial charge in [-0.2, -0.15) is 0 Å². The van der Waals surface area contributed by atoms with Gasteiger partial charge < -0.3 is 10.6 Å². The van der Waals surface area contributed by atoms with Crippen molar-refractivity contribution in [2.24, 2.45) is 5.92 Å². The van der Waals surface area contributed by atoms with E-state index in [0.29, 0.717) is 19.0 Å². The Bertz CT molecular complexity index is 755. The number of rotatable bonds is 8. The summed E-state index contributed by atoms with van der Waals surface area (Å²) >= 11 is 0. The minimum absolute atomic E-state index is 0.0671. The summed E-state index contributed by atoms with van der Waals surface area (Å²) in [6.07, 6.45) is 5.06. The first kappa shape index (κ1) is 21.2. The van der Waals surface area contributed by atoms with Crippen LogP contribution in [-0.2, 0) is 11.3 Å². The van der Waals surface area contributed by atoms with Crippen molar-refractivity contribution in [1.29, 1.82) is 0 Å². The Balaban J connectivity index is 2.26. The Kier molecular flexibility index (Phi) is 7.65. The molecule has 0 aromatic carbocycles. The van der Waals surface area contributed by atoms with Crippen molar-refractivity contribution >= 4 is 17.4 Å². The molecule has 0 spiro atoms. The van der Waals surface area contributed by atoms with Gasteiger partial charge in [0.2, 0.25) is 5.91 Å². The SMILES string of the molecule is CCCCn1c(N)c(N(CC)C(=O)CN2CCCC(CC)C2)c(=O)[nH]c1=O. The molecule has 2 heterocycles. The van der Waals surface area contributed by atoms with Gasteiger partial charge in [-0.15, -0.1) is 0 Å². The van der Waals surface area contributed by atoms with Crippen LogP contribution in [0.3, 0.4) is 0 Å². The lowest BCUT2D eigenvalue weighted by atomic mass is 9.96. The van der Waals surface area contributed by atoms with Crippen LogP contribution in [0.15, 0.2) is 9.59 Å². The molecule has 1 aliphatic heterocycles. The lowest BCUT2D eigenvalue weighted by Gasteiger charge is -2.33. The van der Waals surface area contributed by atoms with Gasteiger partial charge in [0, 0.05) is 19.6 Å². The average Bonchev–Trinajstić information content (AvgIpc) is 2.64. The lowest BCUT2D eigenvalue weighted by molar-refractivity contribution is -0.120. The van der Waals surface area contributed by atoms with E-state index in [-0.39, 0.29) is 24.0 Å². The number of nitrogens with zero attached hydrogens (tertiary/aromatic N) is 3. The van der Waals surface area contributed by atoms with Gasteiger partial charge in [0.25, 0.3) is 5.56 Å². The molecule has 8 heteroatoms. The smallest absolute Gasteiger partial charge is 0.330 e. The minimum Gasteiger partial charge on any atom is -0.383 e. The lowest BCUT2D eigenvalue weighted by Crippen LogP contribution is -2.47. The van der Waals surface area contributed by atoms with Crippen molar-refractivity contribution in [1.82, 2.24) is 14.5 Å². The normalized spacial score (nSPS) is 17.8. The maximum absolute atomic E-state index is 12.9. The second-order valence-corrected chi connectivity index (χ2v) is 7.29. The molecule has 0 radical (unpaired) electrons. The Morgan fingerprint density at radius 1 is 1.30 bits per heavy atom. The predicted octanol–water partition coefficient (Wildman–Crippen LogP) is 1.39. The highest BCUT2D eigenvalue weighted by Gasteiger charge is 2.26. The van der Waals surface area contributed by atoms with Crippen molar-refractivity contribution in [3.05, 3.63) is 20.8 Å². The summed E-state index contributed by atoms with van der Waals surface area (Å²) in [5.41, 5.74) is 5.10. The van der Waals surface area contributed by atoms with Crippen LogP contribution in [-0.4, -0.2) is 46.5 Å². The molecule has 0 aliphatic carbocycles. The Morgan fingerprint density at radius 2 is 2.04 bits per heavy atom. The third kappa shape index (κ3) is 5.00. The van der Waals surface area contributed by atoms with Crippen LogP contribution in [0.25, 0.3) is 0 Å². The summed E-state index contributed by atoms with van der Waals surface area (Å²) in [7, 11) is 0. The van der Waals surface area contributed by atoms with Crippen LogP contribution in [0.1, 0.15) is 52.9 Å². The van der Waals surface area contributed by atoms with Crippen LogP contribution in [0.5, 0.6) is 0 Å². The molecular formula is C19H33N5O3. The summed E-state index contributed by atoms with van der Waals surface area (Å²) in [5, 5.41) is 0. The van der Waals surface area contributed by atoms with E-state index in [1.165, 1.54) is 15.9 Å². The first-order valence-electron chi connectivity index (χ1n) is 10.1. The van der Waals surface area contributed by atoms with Gasteiger partial charge in [0.05, 0.1) is 6.54 Å². The van der Waals surface area contributed by atoms with Crippen LogP contribution in [0, 0.1) is 5.92 Å². The topological polar surface area (TPSA) is 104 Å². The number of amides is 1. The van der Waals surface area contributed by atoms with Crippen LogP contribution in [0.2, 0.25) is 0 Å². The molecule has 0 bridgehead atoms. The number of piperidine rings is 1. The van der Waals surface area contributed by atoms with E-state index in [0.717, 1.165) is 38.8 Å². The molecule has 3 N–H and O–H groups in total. The second-order valence-electron chi connectivity index (χ2n) is 7.29. The number of H-pyrrole nitrogens is 1. The first-order valence-corrected chi connectivity index (χ1v) is 10.1. The molecule has 1 aliphatic rings. The average molecular weight is 380 g/mol. The molecule has 1 unspecified atom stereocenters. The fourth-order valence-electron chi connectivity index (χ4n) is 3.74. The number of unbranched alkanes of at least 4 members (excludes halogenated alkanes) is 1. The maximum atomic E-state index is 12.9. The number of carbonyl (C=O) groups is 1. The monoisotopic (exact) mass is 379 g/mol. The number of aromatic amines is 1. The Morgan fingerprint density at radius 3 is 2.67 bits per heavy atom. The zero-order valence-corrected chi connectivity index (χ0v) is 16.8. The largest absolute Gasteiger partial charge is 0.383 e. The second kappa shape index (κ2) is 9.73. The fourth-order valence-corrected chi connectivity index (χ4v) is 3.74. The number of hydrogen-bond donors (Lipinski definition) is 2.